The molecule has 0 spiro atoms. The predicted molar refractivity (Wildman–Crippen MR) is 51.1 cm³/mol. The van der Waals surface area contributed by atoms with Crippen LogP contribution < -0.4 is 0 Å². The molecule has 2 nitrogen and oxygen atoms in total. The summed E-state index contributed by atoms with van der Waals surface area (Å²) in [5.74, 6) is 0.740. The fourth-order valence-corrected chi connectivity index (χ4v) is 1.46. The lowest BCUT2D eigenvalue weighted by Gasteiger charge is -2.13. The molecule has 1 aromatic rings. The molecule has 0 aliphatic heterocycles. The SMILES string of the molecule is Cc1cnn([C@@H](C)CC(C)C)c1. The molecule has 1 heterocycles. The first kappa shape index (κ1) is 9.30. The molecule has 2 heteroatoms. The number of nitrogens with zero attached hydrogens (tertiary/aromatic N) is 2. The van der Waals surface area contributed by atoms with E-state index in [1.165, 1.54) is 12.0 Å². The fraction of sp³-hybridized carbons (Fsp3) is 0.700. The van der Waals surface area contributed by atoms with E-state index in [0.717, 1.165) is 5.92 Å². The van der Waals surface area contributed by atoms with Crippen LogP contribution in [0.2, 0.25) is 0 Å². The first-order valence-corrected chi connectivity index (χ1v) is 4.60. The third kappa shape index (κ3) is 2.36. The van der Waals surface area contributed by atoms with Crippen molar-refractivity contribution < 1.29 is 0 Å². The Balaban J connectivity index is 2.58. The van der Waals surface area contributed by atoms with E-state index < -0.39 is 0 Å². The van der Waals surface area contributed by atoms with E-state index in [1.54, 1.807) is 0 Å². The number of rotatable bonds is 3. The van der Waals surface area contributed by atoms with E-state index >= 15 is 0 Å². The maximum atomic E-state index is 4.29. The Hall–Kier alpha value is -0.790. The fourth-order valence-electron chi connectivity index (χ4n) is 1.46. The average molecular weight is 166 g/mol. The Morgan fingerprint density at radius 3 is 2.50 bits per heavy atom. The van der Waals surface area contributed by atoms with Crippen molar-refractivity contribution in [2.75, 3.05) is 0 Å². The van der Waals surface area contributed by atoms with Gasteiger partial charge in [-0.05, 0) is 31.7 Å². The summed E-state index contributed by atoms with van der Waals surface area (Å²) in [7, 11) is 0. The maximum Gasteiger partial charge on any atom is 0.0519 e. The van der Waals surface area contributed by atoms with Gasteiger partial charge in [0.1, 0.15) is 0 Å². The van der Waals surface area contributed by atoms with E-state index in [2.05, 4.69) is 43.7 Å². The monoisotopic (exact) mass is 166 g/mol. The largest absolute Gasteiger partial charge is 0.270 e. The molecule has 0 aromatic carbocycles. The lowest BCUT2D eigenvalue weighted by molar-refractivity contribution is 0.398. The van der Waals surface area contributed by atoms with Crippen molar-refractivity contribution in [3.05, 3.63) is 18.0 Å². The summed E-state index contributed by atoms with van der Waals surface area (Å²) >= 11 is 0. The minimum absolute atomic E-state index is 0.527. The highest BCUT2D eigenvalue weighted by atomic mass is 15.3. The summed E-state index contributed by atoms with van der Waals surface area (Å²) in [6, 6.07) is 0.527. The Morgan fingerprint density at radius 2 is 2.08 bits per heavy atom. The molecular formula is C10H18N2. The van der Waals surface area contributed by atoms with Gasteiger partial charge in [-0.1, -0.05) is 13.8 Å². The van der Waals surface area contributed by atoms with E-state index in [9.17, 15) is 0 Å². The van der Waals surface area contributed by atoms with Gasteiger partial charge in [0.25, 0.3) is 0 Å². The van der Waals surface area contributed by atoms with Gasteiger partial charge in [-0.15, -0.1) is 0 Å². The predicted octanol–water partition coefficient (Wildman–Crippen LogP) is 2.80. The zero-order valence-electron chi connectivity index (χ0n) is 8.41. The molecule has 0 fully saturated rings. The topological polar surface area (TPSA) is 17.8 Å². The van der Waals surface area contributed by atoms with Crippen LogP contribution in [0.1, 0.15) is 38.8 Å². The molecule has 1 aromatic heterocycles. The molecule has 0 radical (unpaired) electrons. The zero-order chi connectivity index (χ0) is 9.14. The molecule has 0 aliphatic carbocycles. The second kappa shape index (κ2) is 3.74. The van der Waals surface area contributed by atoms with Crippen LogP contribution in [0.25, 0.3) is 0 Å². The molecular weight excluding hydrogens is 148 g/mol. The standard InChI is InChI=1S/C10H18N2/c1-8(2)5-10(4)12-7-9(3)6-11-12/h6-8,10H,5H2,1-4H3/t10-/m0/s1. The van der Waals surface area contributed by atoms with Gasteiger partial charge < -0.3 is 0 Å². The van der Waals surface area contributed by atoms with Gasteiger partial charge in [-0.2, -0.15) is 5.10 Å². The van der Waals surface area contributed by atoms with Crippen molar-refractivity contribution >= 4 is 0 Å². The minimum Gasteiger partial charge on any atom is -0.270 e. The lowest BCUT2D eigenvalue weighted by atomic mass is 10.1. The van der Waals surface area contributed by atoms with Crippen LogP contribution in [0.3, 0.4) is 0 Å². The Bertz CT molecular complexity index is 238. The van der Waals surface area contributed by atoms with Crippen LogP contribution in [-0.4, -0.2) is 9.78 Å². The molecule has 12 heavy (non-hydrogen) atoms. The third-order valence-electron chi connectivity index (χ3n) is 1.99. The summed E-state index contributed by atoms with van der Waals surface area (Å²) in [4.78, 5) is 0. The highest BCUT2D eigenvalue weighted by Crippen LogP contribution is 2.15. The Labute approximate surface area is 74.6 Å². The summed E-state index contributed by atoms with van der Waals surface area (Å²) < 4.78 is 2.05. The van der Waals surface area contributed by atoms with Crippen LogP contribution in [0.15, 0.2) is 12.4 Å². The molecule has 0 unspecified atom stereocenters. The van der Waals surface area contributed by atoms with Crippen molar-refractivity contribution in [3.63, 3.8) is 0 Å². The van der Waals surface area contributed by atoms with Crippen molar-refractivity contribution in [1.29, 1.82) is 0 Å². The van der Waals surface area contributed by atoms with Crippen molar-refractivity contribution in [1.82, 2.24) is 9.78 Å². The molecule has 0 saturated carbocycles. The molecule has 68 valence electrons. The molecule has 0 N–H and O–H groups in total. The summed E-state index contributed by atoms with van der Waals surface area (Å²) in [6.45, 7) is 8.78. The highest BCUT2D eigenvalue weighted by molar-refractivity contribution is 5.00. The van der Waals surface area contributed by atoms with Gasteiger partial charge in [-0.25, -0.2) is 0 Å². The normalized spacial score (nSPS) is 13.8. The number of hydrogen-bond acceptors (Lipinski definition) is 1. The van der Waals surface area contributed by atoms with Crippen LogP contribution in [0.4, 0.5) is 0 Å². The van der Waals surface area contributed by atoms with Crippen LogP contribution in [0.5, 0.6) is 0 Å². The zero-order valence-corrected chi connectivity index (χ0v) is 8.41. The van der Waals surface area contributed by atoms with E-state index in [4.69, 9.17) is 0 Å². The van der Waals surface area contributed by atoms with Crippen molar-refractivity contribution in [3.8, 4) is 0 Å². The average Bonchev–Trinajstić information content (AvgIpc) is 2.34. The number of hydrogen-bond donors (Lipinski definition) is 0. The molecule has 0 amide bonds. The first-order chi connectivity index (χ1) is 5.59. The lowest BCUT2D eigenvalue weighted by Crippen LogP contribution is -2.08. The molecule has 1 rings (SSSR count). The molecule has 0 aliphatic rings. The van der Waals surface area contributed by atoms with Crippen molar-refractivity contribution in [2.45, 2.75) is 40.2 Å². The second-order valence-electron chi connectivity index (χ2n) is 3.98. The van der Waals surface area contributed by atoms with E-state index in [0.29, 0.717) is 6.04 Å². The summed E-state index contributed by atoms with van der Waals surface area (Å²) in [5, 5.41) is 4.29. The third-order valence-corrected chi connectivity index (χ3v) is 1.99. The van der Waals surface area contributed by atoms with Crippen molar-refractivity contribution in [2.24, 2.45) is 5.92 Å². The Morgan fingerprint density at radius 1 is 1.42 bits per heavy atom. The number of aromatic nitrogens is 2. The van der Waals surface area contributed by atoms with Crippen LogP contribution in [-0.2, 0) is 0 Å². The van der Waals surface area contributed by atoms with Gasteiger partial charge in [0, 0.05) is 12.2 Å². The Kier molecular flexibility index (Phi) is 2.90. The van der Waals surface area contributed by atoms with Gasteiger partial charge in [0.2, 0.25) is 0 Å². The molecule has 1 atom stereocenters. The van der Waals surface area contributed by atoms with E-state index in [1.807, 2.05) is 6.20 Å². The summed E-state index contributed by atoms with van der Waals surface area (Å²) in [5.41, 5.74) is 1.24. The quantitative estimate of drug-likeness (QED) is 0.675. The van der Waals surface area contributed by atoms with Crippen LogP contribution in [0, 0.1) is 12.8 Å². The van der Waals surface area contributed by atoms with Crippen LogP contribution >= 0.6 is 0 Å². The van der Waals surface area contributed by atoms with E-state index in [-0.39, 0.29) is 0 Å². The number of aryl methyl sites for hydroxylation is 1. The smallest absolute Gasteiger partial charge is 0.0519 e. The second-order valence-corrected chi connectivity index (χ2v) is 3.98. The summed E-state index contributed by atoms with van der Waals surface area (Å²) in [6.07, 6.45) is 5.21. The minimum atomic E-state index is 0.527. The van der Waals surface area contributed by atoms with Gasteiger partial charge in [0.15, 0.2) is 0 Å². The van der Waals surface area contributed by atoms with Gasteiger partial charge in [0.05, 0.1) is 6.20 Å². The molecule has 0 bridgehead atoms. The van der Waals surface area contributed by atoms with Gasteiger partial charge >= 0.3 is 0 Å². The maximum absolute atomic E-state index is 4.29. The molecule has 0 saturated heterocycles. The first-order valence-electron chi connectivity index (χ1n) is 4.60. The van der Waals surface area contributed by atoms with Gasteiger partial charge in [-0.3, -0.25) is 4.68 Å². The highest BCUT2D eigenvalue weighted by Gasteiger charge is 2.06.